The van der Waals surface area contributed by atoms with E-state index in [0.717, 1.165) is 51.9 Å². The van der Waals surface area contributed by atoms with Gasteiger partial charge in [0.25, 0.3) is 0 Å². The van der Waals surface area contributed by atoms with Gasteiger partial charge in [-0.15, -0.1) is 11.3 Å². The van der Waals surface area contributed by atoms with Crippen LogP contribution in [0, 0.1) is 0 Å². The molecule has 0 amide bonds. The van der Waals surface area contributed by atoms with Crippen LogP contribution in [-0.2, 0) is 13.0 Å². The van der Waals surface area contributed by atoms with E-state index in [-0.39, 0.29) is 5.56 Å². The molecule has 0 unspecified atom stereocenters. The first-order valence-electron chi connectivity index (χ1n) is 12.5. The number of para-hydroxylation sites is 2. The second-order valence-electron chi connectivity index (χ2n) is 9.24. The fraction of sp³-hybridized carbons (Fsp3) is 0.345. The van der Waals surface area contributed by atoms with Crippen LogP contribution in [0.5, 0.6) is 5.75 Å². The van der Waals surface area contributed by atoms with Crippen molar-refractivity contribution in [3.05, 3.63) is 88.2 Å². The molecule has 0 bridgehead atoms. The molecule has 1 N–H and O–H groups in total. The number of piperidine rings is 1. The van der Waals surface area contributed by atoms with Gasteiger partial charge in [-0.05, 0) is 79.9 Å². The third-order valence-corrected chi connectivity index (χ3v) is 7.97. The van der Waals surface area contributed by atoms with Crippen LogP contribution in [0.2, 0.25) is 0 Å². The largest absolute Gasteiger partial charge is 0.491 e. The highest BCUT2D eigenvalue weighted by atomic mass is 32.1. The van der Waals surface area contributed by atoms with Gasteiger partial charge in [0.1, 0.15) is 17.9 Å². The maximum Gasteiger partial charge on any atom is 0.339 e. The summed E-state index contributed by atoms with van der Waals surface area (Å²) in [7, 11) is 0. The zero-order valence-corrected chi connectivity index (χ0v) is 20.8. The normalized spacial score (nSPS) is 15.0. The molecule has 1 fully saturated rings. The number of carbonyl (C=O) groups is 1. The van der Waals surface area contributed by atoms with Crippen molar-refractivity contribution in [2.24, 2.45) is 0 Å². The van der Waals surface area contributed by atoms with Crippen molar-refractivity contribution >= 4 is 28.2 Å². The van der Waals surface area contributed by atoms with Gasteiger partial charge in [0.2, 0.25) is 0 Å². The van der Waals surface area contributed by atoms with E-state index in [1.54, 1.807) is 18.2 Å². The third-order valence-electron chi connectivity index (χ3n) is 7.03. The monoisotopic (exact) mass is 488 g/mol. The Balaban J connectivity index is 1.17. The number of thiophene rings is 1. The zero-order chi connectivity index (χ0) is 24.0. The van der Waals surface area contributed by atoms with Crippen LogP contribution in [0.25, 0.3) is 10.9 Å². The molecule has 1 aliphatic heterocycles. The van der Waals surface area contributed by atoms with E-state index < -0.39 is 5.97 Å². The number of hydrogen-bond acceptors (Lipinski definition) is 4. The maximum absolute atomic E-state index is 11.4. The summed E-state index contributed by atoms with van der Waals surface area (Å²) >= 11 is 1.85. The predicted molar refractivity (Wildman–Crippen MR) is 142 cm³/mol. The molecular formula is C29H32N2O3S. The summed E-state index contributed by atoms with van der Waals surface area (Å²) in [5.41, 5.74) is 3.06. The number of carboxylic acids is 1. The smallest absolute Gasteiger partial charge is 0.339 e. The number of carboxylic acid groups (broad SMARTS) is 1. The fourth-order valence-electron chi connectivity index (χ4n) is 5.19. The first-order chi connectivity index (χ1) is 17.2. The molecule has 1 aliphatic rings. The SMILES string of the molecule is O=C(O)c1ccccc1OCCN1CCC(c2cn(CCCc3cccs3)c3ccccc23)CC1. The van der Waals surface area contributed by atoms with Crippen LogP contribution >= 0.6 is 11.3 Å². The van der Waals surface area contributed by atoms with Crippen molar-refractivity contribution in [1.29, 1.82) is 0 Å². The minimum atomic E-state index is -0.952. The summed E-state index contributed by atoms with van der Waals surface area (Å²) in [6.07, 6.45) is 6.97. The summed E-state index contributed by atoms with van der Waals surface area (Å²) in [6, 6.07) is 20.0. The molecule has 5 nitrogen and oxygen atoms in total. The number of ether oxygens (including phenoxy) is 1. The number of aromatic carboxylic acids is 1. The fourth-order valence-corrected chi connectivity index (χ4v) is 5.94. The topological polar surface area (TPSA) is 54.7 Å². The van der Waals surface area contributed by atoms with E-state index in [0.29, 0.717) is 18.3 Å². The molecule has 0 aliphatic carbocycles. The van der Waals surface area contributed by atoms with Crippen LogP contribution in [-0.4, -0.2) is 46.8 Å². The van der Waals surface area contributed by atoms with Gasteiger partial charge in [-0.25, -0.2) is 4.79 Å². The van der Waals surface area contributed by atoms with Gasteiger partial charge in [0.05, 0.1) is 0 Å². The van der Waals surface area contributed by atoms with Gasteiger partial charge >= 0.3 is 5.97 Å². The van der Waals surface area contributed by atoms with Gasteiger partial charge in [0.15, 0.2) is 0 Å². The van der Waals surface area contributed by atoms with E-state index in [1.165, 1.54) is 21.3 Å². The first-order valence-corrected chi connectivity index (χ1v) is 13.3. The van der Waals surface area contributed by atoms with Crippen molar-refractivity contribution in [2.75, 3.05) is 26.2 Å². The summed E-state index contributed by atoms with van der Waals surface area (Å²) in [4.78, 5) is 15.3. The minimum absolute atomic E-state index is 0.220. The number of nitrogens with zero attached hydrogens (tertiary/aromatic N) is 2. The highest BCUT2D eigenvalue weighted by molar-refractivity contribution is 7.09. The Labute approximate surface area is 210 Å². The number of rotatable bonds is 10. The van der Waals surface area contributed by atoms with E-state index in [9.17, 15) is 9.90 Å². The Hall–Kier alpha value is -3.09. The molecule has 0 radical (unpaired) electrons. The molecule has 1 saturated heterocycles. The van der Waals surface area contributed by atoms with Crippen molar-refractivity contribution in [3.8, 4) is 5.75 Å². The van der Waals surface area contributed by atoms with Crippen LogP contribution in [0.1, 0.15) is 46.0 Å². The van der Waals surface area contributed by atoms with E-state index in [1.807, 2.05) is 17.4 Å². The maximum atomic E-state index is 11.4. The molecule has 2 aromatic heterocycles. The van der Waals surface area contributed by atoms with Crippen LogP contribution in [0.4, 0.5) is 0 Å². The van der Waals surface area contributed by atoms with Crippen molar-refractivity contribution in [3.63, 3.8) is 0 Å². The van der Waals surface area contributed by atoms with Crippen LogP contribution < -0.4 is 4.74 Å². The number of likely N-dealkylation sites (tertiary alicyclic amines) is 1. The summed E-state index contributed by atoms with van der Waals surface area (Å²) in [5, 5.41) is 12.9. The van der Waals surface area contributed by atoms with Crippen molar-refractivity contribution in [2.45, 2.75) is 38.1 Å². The number of benzene rings is 2. The van der Waals surface area contributed by atoms with Crippen LogP contribution in [0.15, 0.2) is 72.2 Å². The summed E-state index contributed by atoms with van der Waals surface area (Å²) < 4.78 is 8.27. The lowest BCUT2D eigenvalue weighted by molar-refractivity contribution is 0.0691. The second kappa shape index (κ2) is 11.1. The molecular weight excluding hydrogens is 456 g/mol. The second-order valence-corrected chi connectivity index (χ2v) is 10.3. The van der Waals surface area contributed by atoms with E-state index >= 15 is 0 Å². The quantitative estimate of drug-likeness (QED) is 0.285. The molecule has 35 heavy (non-hydrogen) atoms. The van der Waals surface area contributed by atoms with E-state index in [2.05, 4.69) is 57.4 Å². The van der Waals surface area contributed by atoms with Crippen molar-refractivity contribution in [1.82, 2.24) is 9.47 Å². The Kier molecular flexibility index (Phi) is 7.50. The Morgan fingerprint density at radius 1 is 1.00 bits per heavy atom. The molecule has 6 heteroatoms. The molecule has 4 aromatic rings. The van der Waals surface area contributed by atoms with Gasteiger partial charge in [0, 0.05) is 35.1 Å². The Morgan fingerprint density at radius 2 is 1.80 bits per heavy atom. The average Bonchev–Trinajstić information content (AvgIpc) is 3.53. The molecule has 0 saturated carbocycles. The summed E-state index contributed by atoms with van der Waals surface area (Å²) in [5.74, 6) is 0.0669. The first kappa shape index (κ1) is 23.6. The molecule has 0 atom stereocenters. The number of fused-ring (bicyclic) bond motifs is 1. The van der Waals surface area contributed by atoms with Crippen LogP contribution in [0.3, 0.4) is 0 Å². The Bertz CT molecular complexity index is 1260. The zero-order valence-electron chi connectivity index (χ0n) is 19.9. The molecule has 5 rings (SSSR count). The lowest BCUT2D eigenvalue weighted by Crippen LogP contribution is -2.35. The summed E-state index contributed by atoms with van der Waals surface area (Å²) in [6.45, 7) is 4.43. The lowest BCUT2D eigenvalue weighted by atomic mass is 9.89. The minimum Gasteiger partial charge on any atom is -0.491 e. The Morgan fingerprint density at radius 3 is 2.60 bits per heavy atom. The number of aromatic nitrogens is 1. The highest BCUT2D eigenvalue weighted by Gasteiger charge is 2.24. The number of aryl methyl sites for hydroxylation is 2. The van der Waals surface area contributed by atoms with E-state index in [4.69, 9.17) is 4.74 Å². The van der Waals surface area contributed by atoms with Crippen molar-refractivity contribution < 1.29 is 14.6 Å². The molecule has 0 spiro atoms. The standard InChI is InChI=1S/C29H32N2O3S/c32-29(33)25-10-2-4-12-28(25)34-19-18-30-16-13-22(14-17-30)26-21-31(27-11-3-1-9-24(26)27)15-5-7-23-8-6-20-35-23/h1-4,6,8-12,20-22H,5,7,13-19H2,(H,32,33). The number of hydrogen-bond donors (Lipinski definition) is 1. The lowest BCUT2D eigenvalue weighted by Gasteiger charge is -2.31. The van der Waals surface area contributed by atoms with Gasteiger partial charge < -0.3 is 14.4 Å². The van der Waals surface area contributed by atoms with Gasteiger partial charge in [-0.2, -0.15) is 0 Å². The molecule has 2 aromatic carbocycles. The van der Waals surface area contributed by atoms with Gasteiger partial charge in [-0.3, -0.25) is 4.90 Å². The molecule has 182 valence electrons. The molecule has 3 heterocycles. The third kappa shape index (κ3) is 5.60. The highest BCUT2D eigenvalue weighted by Crippen LogP contribution is 2.34. The average molecular weight is 489 g/mol. The predicted octanol–water partition coefficient (Wildman–Crippen LogP) is 6.29. The van der Waals surface area contributed by atoms with Gasteiger partial charge in [-0.1, -0.05) is 36.4 Å².